The second-order valence-corrected chi connectivity index (χ2v) is 9.50. The molecule has 0 radical (unpaired) electrons. The van der Waals surface area contributed by atoms with Gasteiger partial charge in [0.25, 0.3) is 0 Å². The molecule has 1 aromatic rings. The monoisotopic (exact) mass is 424 g/mol. The Morgan fingerprint density at radius 1 is 1.21 bits per heavy atom. The van der Waals surface area contributed by atoms with Crippen molar-refractivity contribution in [2.24, 2.45) is 0 Å². The maximum absolute atomic E-state index is 13.1. The van der Waals surface area contributed by atoms with Crippen LogP contribution in [0.2, 0.25) is 10.0 Å². The van der Waals surface area contributed by atoms with E-state index in [0.717, 1.165) is 44.5 Å². The summed E-state index contributed by atoms with van der Waals surface area (Å²) in [6.07, 6.45) is 8.36. The number of rotatable bonds is 4. The van der Waals surface area contributed by atoms with Crippen LogP contribution in [0.3, 0.4) is 0 Å². The molecule has 2 saturated heterocycles. The van der Waals surface area contributed by atoms with Crippen molar-refractivity contribution >= 4 is 29.1 Å². The van der Waals surface area contributed by atoms with Gasteiger partial charge in [0.15, 0.2) is 0 Å². The normalized spacial score (nSPS) is 30.8. The average Bonchev–Trinajstić information content (AvgIpc) is 3.37. The summed E-state index contributed by atoms with van der Waals surface area (Å²) >= 11 is 12.1. The Hall–Kier alpha value is -0.810. The van der Waals surface area contributed by atoms with Gasteiger partial charge in [-0.15, -0.1) is 0 Å². The number of hydrogen-bond acceptors (Lipinski definition) is 3. The van der Waals surface area contributed by atoms with Gasteiger partial charge in [0.05, 0.1) is 22.1 Å². The van der Waals surface area contributed by atoms with E-state index < -0.39 is 0 Å². The Morgan fingerprint density at radius 3 is 2.68 bits per heavy atom. The first-order valence-electron chi connectivity index (χ1n) is 10.6. The Bertz CT molecular complexity index is 714. The Kier molecular flexibility index (Phi) is 6.22. The van der Waals surface area contributed by atoms with Crippen molar-refractivity contribution in [3.63, 3.8) is 0 Å². The minimum atomic E-state index is 0.0529. The van der Waals surface area contributed by atoms with Crippen LogP contribution in [0.15, 0.2) is 18.2 Å². The fourth-order valence-corrected chi connectivity index (χ4v) is 5.69. The van der Waals surface area contributed by atoms with Crippen molar-refractivity contribution in [3.8, 4) is 0 Å². The molecule has 3 atom stereocenters. The Morgan fingerprint density at radius 2 is 2.00 bits per heavy atom. The first kappa shape index (κ1) is 20.5. The number of carbonyl (C=O) groups is 1. The highest BCUT2D eigenvalue weighted by Gasteiger charge is 2.47. The van der Waals surface area contributed by atoms with E-state index in [0.29, 0.717) is 22.5 Å². The first-order chi connectivity index (χ1) is 13.5. The molecular formula is C22H30Cl2N2O2. The van der Waals surface area contributed by atoms with Gasteiger partial charge in [-0.1, -0.05) is 29.3 Å². The largest absolute Gasteiger partial charge is 0.375 e. The maximum Gasteiger partial charge on any atom is 0.227 e. The molecule has 2 unspecified atom stereocenters. The van der Waals surface area contributed by atoms with Gasteiger partial charge in [-0.05, 0) is 75.7 Å². The van der Waals surface area contributed by atoms with Gasteiger partial charge in [0.1, 0.15) is 0 Å². The van der Waals surface area contributed by atoms with Crippen LogP contribution in [0.25, 0.3) is 0 Å². The van der Waals surface area contributed by atoms with Gasteiger partial charge in [-0.25, -0.2) is 0 Å². The van der Waals surface area contributed by atoms with Crippen LogP contribution < -0.4 is 0 Å². The molecule has 28 heavy (non-hydrogen) atoms. The zero-order chi connectivity index (χ0) is 19.7. The van der Waals surface area contributed by atoms with E-state index in [1.807, 2.05) is 18.0 Å². The molecule has 1 spiro atoms. The van der Waals surface area contributed by atoms with E-state index in [4.69, 9.17) is 27.9 Å². The predicted octanol–water partition coefficient (Wildman–Crippen LogP) is 4.56. The van der Waals surface area contributed by atoms with E-state index in [1.165, 1.54) is 25.7 Å². The van der Waals surface area contributed by atoms with Gasteiger partial charge in [0.2, 0.25) is 5.91 Å². The van der Waals surface area contributed by atoms with Gasteiger partial charge < -0.3 is 9.64 Å². The topological polar surface area (TPSA) is 32.8 Å². The van der Waals surface area contributed by atoms with E-state index in [2.05, 4.69) is 4.90 Å². The summed E-state index contributed by atoms with van der Waals surface area (Å²) in [4.78, 5) is 17.7. The molecule has 2 heterocycles. The molecule has 1 saturated carbocycles. The third kappa shape index (κ3) is 4.21. The number of likely N-dealkylation sites (tertiary alicyclic amines) is 1. The lowest BCUT2D eigenvalue weighted by molar-refractivity contribution is -0.136. The highest BCUT2D eigenvalue weighted by molar-refractivity contribution is 6.42. The minimum Gasteiger partial charge on any atom is -0.375 e. The van der Waals surface area contributed by atoms with Crippen molar-refractivity contribution in [1.29, 1.82) is 0 Å². The molecule has 4 rings (SSSR count). The van der Waals surface area contributed by atoms with Gasteiger partial charge in [0, 0.05) is 25.7 Å². The van der Waals surface area contributed by atoms with Crippen LogP contribution in [-0.4, -0.2) is 60.1 Å². The van der Waals surface area contributed by atoms with Crippen molar-refractivity contribution in [2.45, 2.75) is 69.1 Å². The zero-order valence-electron chi connectivity index (χ0n) is 16.6. The Labute approximate surface area is 178 Å². The highest BCUT2D eigenvalue weighted by atomic mass is 35.5. The molecule has 3 fully saturated rings. The first-order valence-corrected chi connectivity index (χ1v) is 11.3. The summed E-state index contributed by atoms with van der Waals surface area (Å²) < 4.78 is 6.22. The number of nitrogens with zero attached hydrogens (tertiary/aromatic N) is 2. The number of likely N-dealkylation sites (N-methyl/N-ethyl adjacent to an activating group) is 1. The SMILES string of the molecule is CN(C(=O)Cc1ccc(Cl)c(Cl)c1)C1CCC2(CCCO2)C[C@@H]1N1CCCC1. The van der Waals surface area contributed by atoms with Gasteiger partial charge in [-0.3, -0.25) is 9.69 Å². The standard InChI is InChI=1S/C22H30Cl2N2O2/c1-25(21(27)14-16-5-6-17(23)18(24)13-16)19-7-9-22(8-4-12-28-22)15-20(19)26-10-2-3-11-26/h5-6,13,19-20H,2-4,7-12,14-15H2,1H3/t19?,20-,22?/m0/s1. The maximum atomic E-state index is 13.1. The lowest BCUT2D eigenvalue weighted by Gasteiger charge is -2.48. The second-order valence-electron chi connectivity index (χ2n) is 8.69. The van der Waals surface area contributed by atoms with E-state index in [1.54, 1.807) is 12.1 Å². The number of amides is 1. The van der Waals surface area contributed by atoms with Crippen molar-refractivity contribution < 1.29 is 9.53 Å². The highest BCUT2D eigenvalue weighted by Crippen LogP contribution is 2.43. The van der Waals surface area contributed by atoms with Crippen LogP contribution in [0, 0.1) is 0 Å². The summed E-state index contributed by atoms with van der Waals surface area (Å²) in [7, 11) is 1.97. The molecule has 1 aliphatic carbocycles. The van der Waals surface area contributed by atoms with E-state index in [-0.39, 0.29) is 17.6 Å². The summed E-state index contributed by atoms with van der Waals surface area (Å²) in [6.45, 7) is 3.18. The van der Waals surface area contributed by atoms with E-state index >= 15 is 0 Å². The molecule has 2 aliphatic heterocycles. The lowest BCUT2D eigenvalue weighted by Crippen LogP contribution is -2.58. The molecule has 1 aromatic carbocycles. The van der Waals surface area contributed by atoms with Gasteiger partial charge >= 0.3 is 0 Å². The third-order valence-electron chi connectivity index (χ3n) is 6.95. The molecule has 3 aliphatic rings. The molecule has 0 bridgehead atoms. The van der Waals surface area contributed by atoms with Crippen molar-refractivity contribution in [3.05, 3.63) is 33.8 Å². The summed E-state index contributed by atoms with van der Waals surface area (Å²) in [6, 6.07) is 6.11. The van der Waals surface area contributed by atoms with Crippen LogP contribution in [0.5, 0.6) is 0 Å². The quantitative estimate of drug-likeness (QED) is 0.709. The number of halogens is 2. The zero-order valence-corrected chi connectivity index (χ0v) is 18.1. The fourth-order valence-electron chi connectivity index (χ4n) is 5.37. The third-order valence-corrected chi connectivity index (χ3v) is 7.68. The number of hydrogen-bond donors (Lipinski definition) is 0. The van der Waals surface area contributed by atoms with Crippen LogP contribution in [0.4, 0.5) is 0 Å². The number of benzene rings is 1. The van der Waals surface area contributed by atoms with Crippen LogP contribution in [0.1, 0.15) is 50.5 Å². The lowest BCUT2D eigenvalue weighted by atomic mass is 9.76. The summed E-state index contributed by atoms with van der Waals surface area (Å²) in [5.74, 6) is 0.149. The second kappa shape index (κ2) is 8.51. The smallest absolute Gasteiger partial charge is 0.227 e. The molecule has 4 nitrogen and oxygen atoms in total. The van der Waals surface area contributed by atoms with E-state index in [9.17, 15) is 4.79 Å². The summed E-state index contributed by atoms with van der Waals surface area (Å²) in [5.41, 5.74) is 0.965. The predicted molar refractivity (Wildman–Crippen MR) is 113 cm³/mol. The summed E-state index contributed by atoms with van der Waals surface area (Å²) in [5, 5.41) is 1.03. The van der Waals surface area contributed by atoms with Crippen LogP contribution >= 0.6 is 23.2 Å². The molecule has 1 amide bonds. The molecule has 0 N–H and O–H groups in total. The molecule has 6 heteroatoms. The average molecular weight is 425 g/mol. The van der Waals surface area contributed by atoms with Gasteiger partial charge in [-0.2, -0.15) is 0 Å². The van der Waals surface area contributed by atoms with Crippen molar-refractivity contribution in [2.75, 3.05) is 26.7 Å². The number of ether oxygens (including phenoxy) is 1. The minimum absolute atomic E-state index is 0.0529. The van der Waals surface area contributed by atoms with Crippen molar-refractivity contribution in [1.82, 2.24) is 9.80 Å². The number of carbonyl (C=O) groups excluding carboxylic acids is 1. The van der Waals surface area contributed by atoms with Crippen LogP contribution in [-0.2, 0) is 16.0 Å². The molecular weight excluding hydrogens is 395 g/mol. The molecule has 0 aromatic heterocycles. The Balaban J connectivity index is 1.48. The molecule has 154 valence electrons. The fraction of sp³-hybridized carbons (Fsp3) is 0.682.